The van der Waals surface area contributed by atoms with Crippen molar-refractivity contribution < 1.29 is 13.2 Å². The third kappa shape index (κ3) is 2.40. The molecule has 60 valence electrons. The molecule has 1 unspecified atom stereocenters. The van der Waals surface area contributed by atoms with Gasteiger partial charge in [-0.15, -0.1) is 0 Å². The zero-order valence-corrected chi connectivity index (χ0v) is 6.44. The van der Waals surface area contributed by atoms with Gasteiger partial charge < -0.3 is 4.55 Å². The number of hydrogen-bond acceptors (Lipinski definition) is 2. The zero-order chi connectivity index (χ0) is 8.27. The number of halogens is 1. The van der Waals surface area contributed by atoms with E-state index in [-0.39, 0.29) is 11.3 Å². The molecule has 1 atom stereocenters. The standard InChI is InChI=1S/C7H7FO2S/c8-7-4-2-1-3-6(7)5-11(9)10/h1-4H,5H2,(H,9,10)/p-1. The molecule has 0 fully saturated rings. The van der Waals surface area contributed by atoms with Crippen LogP contribution in [0.3, 0.4) is 0 Å². The summed E-state index contributed by atoms with van der Waals surface area (Å²) in [6.45, 7) is 0. The minimum absolute atomic E-state index is 0.209. The summed E-state index contributed by atoms with van der Waals surface area (Å²) in [5, 5.41) is 0. The molecule has 0 aromatic heterocycles. The van der Waals surface area contributed by atoms with Gasteiger partial charge in [-0.3, -0.25) is 4.21 Å². The Labute approximate surface area is 66.3 Å². The lowest BCUT2D eigenvalue weighted by atomic mass is 10.2. The van der Waals surface area contributed by atoms with E-state index < -0.39 is 16.9 Å². The second kappa shape index (κ2) is 3.59. The quantitative estimate of drug-likeness (QED) is 0.630. The maximum absolute atomic E-state index is 12.7. The van der Waals surface area contributed by atoms with Crippen molar-refractivity contribution in [2.45, 2.75) is 5.75 Å². The minimum atomic E-state index is -2.22. The molecule has 4 heteroatoms. The van der Waals surface area contributed by atoms with Gasteiger partial charge in [0.25, 0.3) is 0 Å². The van der Waals surface area contributed by atoms with Gasteiger partial charge in [-0.25, -0.2) is 4.39 Å². The highest BCUT2D eigenvalue weighted by molar-refractivity contribution is 7.78. The summed E-state index contributed by atoms with van der Waals surface area (Å²) in [4.78, 5) is 0. The third-order valence-electron chi connectivity index (χ3n) is 1.23. The molecule has 1 aromatic rings. The monoisotopic (exact) mass is 173 g/mol. The van der Waals surface area contributed by atoms with Crippen LogP contribution in [-0.4, -0.2) is 8.76 Å². The first-order valence-corrected chi connectivity index (χ1v) is 4.24. The molecule has 1 aromatic carbocycles. The van der Waals surface area contributed by atoms with Gasteiger partial charge >= 0.3 is 0 Å². The molecule has 0 bridgehead atoms. The van der Waals surface area contributed by atoms with E-state index in [9.17, 15) is 13.2 Å². The fourth-order valence-electron chi connectivity index (χ4n) is 0.742. The second-order valence-corrected chi connectivity index (χ2v) is 2.94. The first kappa shape index (κ1) is 8.36. The summed E-state index contributed by atoms with van der Waals surface area (Å²) in [5.41, 5.74) is 0.209. The van der Waals surface area contributed by atoms with Gasteiger partial charge in [0.05, 0.1) is 0 Å². The Morgan fingerprint density at radius 3 is 2.64 bits per heavy atom. The molecular formula is C7H6FO2S-. The van der Waals surface area contributed by atoms with Gasteiger partial charge in [0.15, 0.2) is 0 Å². The van der Waals surface area contributed by atoms with Gasteiger partial charge in [-0.2, -0.15) is 0 Å². The SMILES string of the molecule is O=S([O-])Cc1ccccc1F. The van der Waals surface area contributed by atoms with Crippen molar-refractivity contribution in [3.05, 3.63) is 35.6 Å². The smallest absolute Gasteiger partial charge is 0.127 e. The molecule has 0 heterocycles. The van der Waals surface area contributed by atoms with Crippen LogP contribution in [0.15, 0.2) is 24.3 Å². The summed E-state index contributed by atoms with van der Waals surface area (Å²) in [5.74, 6) is -0.733. The van der Waals surface area contributed by atoms with Gasteiger partial charge in [0, 0.05) is 5.75 Å². The third-order valence-corrected chi connectivity index (χ3v) is 1.78. The van der Waals surface area contributed by atoms with Crippen molar-refractivity contribution in [2.75, 3.05) is 0 Å². The van der Waals surface area contributed by atoms with Gasteiger partial charge in [-0.1, -0.05) is 29.3 Å². The number of rotatable bonds is 2. The fraction of sp³-hybridized carbons (Fsp3) is 0.143. The molecule has 0 aliphatic heterocycles. The lowest BCUT2D eigenvalue weighted by Crippen LogP contribution is -1.95. The predicted octanol–water partition coefficient (Wildman–Crippen LogP) is 1.20. The van der Waals surface area contributed by atoms with Crippen LogP contribution < -0.4 is 0 Å². The first-order valence-electron chi connectivity index (χ1n) is 2.99. The van der Waals surface area contributed by atoms with E-state index in [0.29, 0.717) is 0 Å². The molecule has 2 nitrogen and oxygen atoms in total. The van der Waals surface area contributed by atoms with E-state index in [2.05, 4.69) is 0 Å². The number of hydrogen-bond donors (Lipinski definition) is 0. The molecule has 0 spiro atoms. The highest BCUT2D eigenvalue weighted by atomic mass is 32.2. The Bertz CT molecular complexity index is 275. The van der Waals surface area contributed by atoms with Crippen LogP contribution in [0.25, 0.3) is 0 Å². The molecule has 0 aliphatic rings. The van der Waals surface area contributed by atoms with Crippen LogP contribution in [-0.2, 0) is 16.8 Å². The average Bonchev–Trinajstić information content (AvgIpc) is 1.93. The van der Waals surface area contributed by atoms with E-state index in [0.717, 1.165) is 0 Å². The molecule has 0 aliphatic carbocycles. The normalized spacial score (nSPS) is 12.9. The zero-order valence-electron chi connectivity index (χ0n) is 5.62. The van der Waals surface area contributed by atoms with E-state index in [1.165, 1.54) is 18.2 Å². The molecule has 0 radical (unpaired) electrons. The molecule has 1 rings (SSSR count). The lowest BCUT2D eigenvalue weighted by Gasteiger charge is -2.04. The number of benzene rings is 1. The van der Waals surface area contributed by atoms with E-state index in [1.54, 1.807) is 6.07 Å². The maximum Gasteiger partial charge on any atom is 0.127 e. The summed E-state index contributed by atoms with van der Waals surface area (Å²) >= 11 is -2.22. The van der Waals surface area contributed by atoms with Crippen molar-refractivity contribution in [2.24, 2.45) is 0 Å². The summed E-state index contributed by atoms with van der Waals surface area (Å²) in [6, 6.07) is 5.81. The Morgan fingerprint density at radius 1 is 1.45 bits per heavy atom. The van der Waals surface area contributed by atoms with Crippen molar-refractivity contribution in [1.82, 2.24) is 0 Å². The second-order valence-electron chi connectivity index (χ2n) is 2.04. The maximum atomic E-state index is 12.7. The Kier molecular flexibility index (Phi) is 2.73. The Hall–Kier alpha value is -0.740. The van der Waals surface area contributed by atoms with Crippen molar-refractivity contribution >= 4 is 11.1 Å². The van der Waals surface area contributed by atoms with Crippen LogP contribution in [0.1, 0.15) is 5.56 Å². The Balaban J connectivity index is 2.86. The van der Waals surface area contributed by atoms with E-state index in [1.807, 2.05) is 0 Å². The van der Waals surface area contributed by atoms with E-state index >= 15 is 0 Å². The summed E-state index contributed by atoms with van der Waals surface area (Å²) < 4.78 is 33.0. The topological polar surface area (TPSA) is 40.1 Å². The minimum Gasteiger partial charge on any atom is -0.772 e. The van der Waals surface area contributed by atoms with Crippen molar-refractivity contribution in [3.8, 4) is 0 Å². The summed E-state index contributed by atoms with van der Waals surface area (Å²) in [6.07, 6.45) is 0. The Morgan fingerprint density at radius 2 is 2.09 bits per heavy atom. The van der Waals surface area contributed by atoms with Crippen LogP contribution in [0, 0.1) is 5.82 Å². The molecular weight excluding hydrogens is 167 g/mol. The van der Waals surface area contributed by atoms with Gasteiger partial charge in [0.1, 0.15) is 5.82 Å². The highest BCUT2D eigenvalue weighted by Crippen LogP contribution is 2.07. The average molecular weight is 173 g/mol. The van der Waals surface area contributed by atoms with Crippen LogP contribution in [0.4, 0.5) is 4.39 Å². The van der Waals surface area contributed by atoms with E-state index in [4.69, 9.17) is 0 Å². The first-order chi connectivity index (χ1) is 5.20. The predicted molar refractivity (Wildman–Crippen MR) is 39.0 cm³/mol. The molecule has 0 saturated carbocycles. The highest BCUT2D eigenvalue weighted by Gasteiger charge is 1.98. The molecule has 0 N–H and O–H groups in total. The van der Waals surface area contributed by atoms with Crippen molar-refractivity contribution in [3.63, 3.8) is 0 Å². The van der Waals surface area contributed by atoms with Crippen LogP contribution in [0.5, 0.6) is 0 Å². The lowest BCUT2D eigenvalue weighted by molar-refractivity contribution is 0.533. The fourth-order valence-corrected chi connectivity index (χ4v) is 1.23. The van der Waals surface area contributed by atoms with Gasteiger partial charge in [-0.05, 0) is 11.6 Å². The molecule has 0 saturated heterocycles. The molecule has 11 heavy (non-hydrogen) atoms. The molecule has 0 amide bonds. The van der Waals surface area contributed by atoms with Crippen molar-refractivity contribution in [1.29, 1.82) is 0 Å². The van der Waals surface area contributed by atoms with Gasteiger partial charge in [0.2, 0.25) is 0 Å². The van der Waals surface area contributed by atoms with Crippen LogP contribution in [0.2, 0.25) is 0 Å². The largest absolute Gasteiger partial charge is 0.772 e. The van der Waals surface area contributed by atoms with Crippen LogP contribution >= 0.6 is 0 Å². The summed E-state index contributed by atoms with van der Waals surface area (Å²) in [7, 11) is 0.